The topological polar surface area (TPSA) is 75.7 Å². The van der Waals surface area contributed by atoms with Crippen molar-refractivity contribution in [3.8, 4) is 0 Å². The smallest absolute Gasteiger partial charge is 0.422 e. The molecule has 0 saturated carbocycles. The lowest BCUT2D eigenvalue weighted by molar-refractivity contribution is 0.120. The molecule has 0 bridgehead atoms. The van der Waals surface area contributed by atoms with E-state index < -0.39 is 16.3 Å². The van der Waals surface area contributed by atoms with E-state index in [1.807, 2.05) is 11.6 Å². The average molecular weight is 299 g/mol. The molecule has 1 rings (SSSR count). The van der Waals surface area contributed by atoms with Crippen LogP contribution in [-0.4, -0.2) is 43.4 Å². The zero-order valence-corrected chi connectivity index (χ0v) is 12.3. The number of halogens is 1. The Morgan fingerprint density at radius 2 is 2.11 bits per heavy atom. The van der Waals surface area contributed by atoms with Gasteiger partial charge in [-0.2, -0.15) is 12.7 Å². The molecular weight excluding hydrogens is 280 g/mol. The van der Waals surface area contributed by atoms with E-state index in [4.69, 9.17) is 16.3 Å². The second kappa shape index (κ2) is 6.08. The third-order valence-electron chi connectivity index (χ3n) is 2.72. The Bertz CT molecular complexity index is 399. The summed E-state index contributed by atoms with van der Waals surface area (Å²) >= 11 is 6.04. The van der Waals surface area contributed by atoms with E-state index in [-0.39, 0.29) is 23.9 Å². The number of nitrogens with zero attached hydrogens (tertiary/aromatic N) is 1. The third-order valence-corrected chi connectivity index (χ3v) is 4.73. The van der Waals surface area contributed by atoms with Crippen molar-refractivity contribution in [1.82, 2.24) is 9.03 Å². The molecule has 106 valence electrons. The van der Waals surface area contributed by atoms with Crippen LogP contribution in [-0.2, 0) is 14.9 Å². The molecule has 1 amide bonds. The molecule has 2 unspecified atom stereocenters. The van der Waals surface area contributed by atoms with Crippen LogP contribution in [0.2, 0.25) is 0 Å². The fourth-order valence-electron chi connectivity index (χ4n) is 1.62. The SMILES string of the molecule is CC(C)OC(=O)NS(=O)(=O)N1CCC(C)C(Cl)C1. The number of rotatable bonds is 3. The Kier molecular flexibility index (Phi) is 5.24. The maximum Gasteiger partial charge on any atom is 0.422 e. The first-order chi connectivity index (χ1) is 8.22. The van der Waals surface area contributed by atoms with Gasteiger partial charge in [-0.05, 0) is 26.2 Å². The van der Waals surface area contributed by atoms with Crippen LogP contribution in [0.25, 0.3) is 0 Å². The van der Waals surface area contributed by atoms with Crippen molar-refractivity contribution in [2.45, 2.75) is 38.7 Å². The monoisotopic (exact) mass is 298 g/mol. The molecule has 1 saturated heterocycles. The fraction of sp³-hybridized carbons (Fsp3) is 0.900. The number of carbonyl (C=O) groups is 1. The predicted octanol–water partition coefficient (Wildman–Crippen LogP) is 1.31. The van der Waals surface area contributed by atoms with Crippen LogP contribution in [0.3, 0.4) is 0 Å². The van der Waals surface area contributed by atoms with Gasteiger partial charge in [0.1, 0.15) is 0 Å². The van der Waals surface area contributed by atoms with Crippen molar-refractivity contribution in [3.05, 3.63) is 0 Å². The van der Waals surface area contributed by atoms with E-state index in [0.29, 0.717) is 13.0 Å². The van der Waals surface area contributed by atoms with Crippen LogP contribution < -0.4 is 4.72 Å². The zero-order chi connectivity index (χ0) is 13.9. The van der Waals surface area contributed by atoms with E-state index >= 15 is 0 Å². The largest absolute Gasteiger partial charge is 0.446 e. The standard InChI is InChI=1S/C10H19ClN2O4S/c1-7(2)17-10(14)12-18(15,16)13-5-4-8(3)9(11)6-13/h7-9H,4-6H2,1-3H3,(H,12,14). The first kappa shape index (κ1) is 15.5. The molecule has 0 aromatic rings. The van der Waals surface area contributed by atoms with Crippen LogP contribution >= 0.6 is 11.6 Å². The number of nitrogens with one attached hydrogen (secondary N) is 1. The highest BCUT2D eigenvalue weighted by Gasteiger charge is 2.33. The second-order valence-corrected chi connectivity index (χ2v) is 6.93. The molecule has 0 spiro atoms. The van der Waals surface area contributed by atoms with Gasteiger partial charge in [-0.25, -0.2) is 9.52 Å². The highest BCUT2D eigenvalue weighted by molar-refractivity contribution is 7.87. The highest BCUT2D eigenvalue weighted by Crippen LogP contribution is 2.23. The number of piperidine rings is 1. The fourth-order valence-corrected chi connectivity index (χ4v) is 3.09. The lowest BCUT2D eigenvalue weighted by atomic mass is 10.0. The van der Waals surface area contributed by atoms with Crippen molar-refractivity contribution < 1.29 is 17.9 Å². The van der Waals surface area contributed by atoms with E-state index in [2.05, 4.69) is 0 Å². The zero-order valence-electron chi connectivity index (χ0n) is 10.7. The number of alkyl halides is 1. The van der Waals surface area contributed by atoms with E-state index in [9.17, 15) is 13.2 Å². The first-order valence-corrected chi connectivity index (χ1v) is 7.72. The molecule has 0 aliphatic carbocycles. The Labute approximate surface area is 113 Å². The van der Waals surface area contributed by atoms with Gasteiger partial charge in [0, 0.05) is 13.1 Å². The maximum atomic E-state index is 11.9. The van der Waals surface area contributed by atoms with Crippen molar-refractivity contribution in [2.24, 2.45) is 5.92 Å². The van der Waals surface area contributed by atoms with Gasteiger partial charge in [-0.15, -0.1) is 11.6 Å². The molecule has 1 N–H and O–H groups in total. The normalized spacial score (nSPS) is 26.1. The molecule has 1 aliphatic rings. The molecule has 2 atom stereocenters. The van der Waals surface area contributed by atoms with Crippen molar-refractivity contribution in [3.63, 3.8) is 0 Å². The lowest BCUT2D eigenvalue weighted by Gasteiger charge is -2.32. The Morgan fingerprint density at radius 3 is 2.61 bits per heavy atom. The molecular formula is C10H19ClN2O4S. The first-order valence-electron chi connectivity index (χ1n) is 5.85. The summed E-state index contributed by atoms with van der Waals surface area (Å²) in [5, 5.41) is -0.239. The Balaban J connectivity index is 2.61. The summed E-state index contributed by atoms with van der Waals surface area (Å²) < 4.78 is 31.6. The number of ether oxygens (including phenoxy) is 1. The summed E-state index contributed by atoms with van der Waals surface area (Å²) in [5.41, 5.74) is 0. The lowest BCUT2D eigenvalue weighted by Crippen LogP contribution is -2.50. The van der Waals surface area contributed by atoms with Gasteiger partial charge in [0.2, 0.25) is 0 Å². The van der Waals surface area contributed by atoms with Gasteiger partial charge < -0.3 is 4.74 Å². The van der Waals surface area contributed by atoms with Crippen molar-refractivity contribution >= 4 is 27.9 Å². The maximum absolute atomic E-state index is 11.9. The number of hydrogen-bond acceptors (Lipinski definition) is 4. The Hall–Kier alpha value is -0.530. The summed E-state index contributed by atoms with van der Waals surface area (Å²) in [7, 11) is -3.86. The number of amides is 1. The van der Waals surface area contributed by atoms with Crippen LogP contribution in [0.5, 0.6) is 0 Å². The second-order valence-electron chi connectivity index (χ2n) is 4.70. The summed E-state index contributed by atoms with van der Waals surface area (Å²) in [6.45, 7) is 5.82. The van der Waals surface area contributed by atoms with Gasteiger partial charge in [0.15, 0.2) is 0 Å². The van der Waals surface area contributed by atoms with Crippen LogP contribution in [0.1, 0.15) is 27.2 Å². The minimum absolute atomic E-state index is 0.201. The average Bonchev–Trinajstić information content (AvgIpc) is 2.19. The van der Waals surface area contributed by atoms with Gasteiger partial charge in [0.25, 0.3) is 0 Å². The van der Waals surface area contributed by atoms with Gasteiger partial charge in [0.05, 0.1) is 11.5 Å². The minimum atomic E-state index is -3.86. The third kappa shape index (κ3) is 4.29. The molecule has 0 aromatic carbocycles. The molecule has 1 heterocycles. The summed E-state index contributed by atoms with van der Waals surface area (Å²) in [6.07, 6.45) is -0.661. The van der Waals surface area contributed by atoms with E-state index in [1.165, 1.54) is 4.31 Å². The number of carbonyl (C=O) groups excluding carboxylic acids is 1. The van der Waals surface area contributed by atoms with Gasteiger partial charge in [-0.1, -0.05) is 6.92 Å². The minimum Gasteiger partial charge on any atom is -0.446 e. The summed E-state index contributed by atoms with van der Waals surface area (Å²) in [6, 6.07) is 0. The quantitative estimate of drug-likeness (QED) is 0.797. The summed E-state index contributed by atoms with van der Waals surface area (Å²) in [5.74, 6) is 0.265. The van der Waals surface area contributed by atoms with Crippen molar-refractivity contribution in [2.75, 3.05) is 13.1 Å². The van der Waals surface area contributed by atoms with E-state index in [0.717, 1.165) is 0 Å². The molecule has 18 heavy (non-hydrogen) atoms. The Morgan fingerprint density at radius 1 is 1.50 bits per heavy atom. The number of hydrogen-bond donors (Lipinski definition) is 1. The van der Waals surface area contributed by atoms with Crippen LogP contribution in [0.4, 0.5) is 4.79 Å². The molecule has 6 nitrogen and oxygen atoms in total. The predicted molar refractivity (Wildman–Crippen MR) is 68.7 cm³/mol. The van der Waals surface area contributed by atoms with Crippen LogP contribution in [0.15, 0.2) is 0 Å². The molecule has 0 aromatic heterocycles. The molecule has 1 aliphatic heterocycles. The molecule has 0 radical (unpaired) electrons. The molecule has 1 fully saturated rings. The van der Waals surface area contributed by atoms with Gasteiger partial charge >= 0.3 is 16.3 Å². The van der Waals surface area contributed by atoms with Gasteiger partial charge in [-0.3, -0.25) is 0 Å². The highest BCUT2D eigenvalue weighted by atomic mass is 35.5. The summed E-state index contributed by atoms with van der Waals surface area (Å²) in [4.78, 5) is 11.3. The van der Waals surface area contributed by atoms with E-state index in [1.54, 1.807) is 13.8 Å². The van der Waals surface area contributed by atoms with Crippen molar-refractivity contribution in [1.29, 1.82) is 0 Å². The van der Waals surface area contributed by atoms with Crippen LogP contribution in [0, 0.1) is 5.92 Å². The molecule has 8 heteroatoms.